The van der Waals surface area contributed by atoms with Gasteiger partial charge in [-0.05, 0) is 41.5 Å². The first-order chi connectivity index (χ1) is 10.5. The molecule has 1 aliphatic rings. The molecule has 1 aliphatic heterocycles. The smallest absolute Gasteiger partial charge is 0.238 e. The summed E-state index contributed by atoms with van der Waals surface area (Å²) in [5.41, 5.74) is 1.02. The molecule has 0 aliphatic carbocycles. The van der Waals surface area contributed by atoms with Crippen molar-refractivity contribution in [1.29, 1.82) is 0 Å². The molecule has 3 atom stereocenters. The molecule has 1 aromatic carbocycles. The number of alkyl halides is 1. The van der Waals surface area contributed by atoms with Gasteiger partial charge in [-0.2, -0.15) is 0 Å². The molecule has 0 radical (unpaired) electrons. The van der Waals surface area contributed by atoms with Crippen LogP contribution in [0.1, 0.15) is 31.7 Å². The molecule has 0 N–H and O–H groups in total. The molecule has 0 aromatic heterocycles. The lowest BCUT2D eigenvalue weighted by Gasteiger charge is -2.27. The Labute approximate surface area is 150 Å². The fourth-order valence-electron chi connectivity index (χ4n) is 2.47. The van der Waals surface area contributed by atoms with Gasteiger partial charge < -0.3 is 9.64 Å². The molecular formula is C17H20INO2S. The molecule has 3 unspecified atom stereocenters. The van der Waals surface area contributed by atoms with Crippen molar-refractivity contribution in [1.82, 2.24) is 4.90 Å². The average molecular weight is 429 g/mol. The van der Waals surface area contributed by atoms with Crippen LogP contribution in [-0.4, -0.2) is 26.7 Å². The molecule has 118 valence electrons. The van der Waals surface area contributed by atoms with Crippen LogP contribution >= 0.6 is 34.4 Å². The summed E-state index contributed by atoms with van der Waals surface area (Å²) >= 11 is 3.81. The number of hydrogen-bond acceptors (Lipinski definition) is 3. The predicted octanol–water partition coefficient (Wildman–Crippen LogP) is 4.08. The second kappa shape index (κ2) is 7.60. The van der Waals surface area contributed by atoms with Gasteiger partial charge in [0.15, 0.2) is 0 Å². The first kappa shape index (κ1) is 17.5. The Balaban J connectivity index is 2.43. The van der Waals surface area contributed by atoms with Crippen LogP contribution in [0.25, 0.3) is 0 Å². The Kier molecular flexibility index (Phi) is 6.04. The number of rotatable bonds is 5. The van der Waals surface area contributed by atoms with Gasteiger partial charge in [0.25, 0.3) is 0 Å². The van der Waals surface area contributed by atoms with Crippen LogP contribution in [0, 0.1) is 18.3 Å². The first-order valence-electron chi connectivity index (χ1n) is 7.30. The largest absolute Gasteiger partial charge is 0.493 e. The monoisotopic (exact) mass is 429 g/mol. The van der Waals surface area contributed by atoms with E-state index in [2.05, 4.69) is 42.4 Å². The molecule has 0 saturated carbocycles. The summed E-state index contributed by atoms with van der Waals surface area (Å²) < 4.78 is 5.47. The van der Waals surface area contributed by atoms with E-state index in [0.29, 0.717) is 6.61 Å². The van der Waals surface area contributed by atoms with Gasteiger partial charge in [0, 0.05) is 5.56 Å². The van der Waals surface area contributed by atoms with E-state index in [-0.39, 0.29) is 26.5 Å². The van der Waals surface area contributed by atoms with Gasteiger partial charge >= 0.3 is 0 Å². The molecule has 0 spiro atoms. The van der Waals surface area contributed by atoms with Gasteiger partial charge in [0.1, 0.15) is 15.2 Å². The molecular weight excluding hydrogens is 409 g/mol. The highest BCUT2D eigenvalue weighted by Crippen LogP contribution is 2.49. The van der Waals surface area contributed by atoms with Crippen molar-refractivity contribution in [3.05, 3.63) is 29.8 Å². The highest BCUT2D eigenvalue weighted by atomic mass is 127. The van der Waals surface area contributed by atoms with Crippen molar-refractivity contribution in [3.8, 4) is 18.1 Å². The number of ether oxygens (including phenoxy) is 1. The van der Waals surface area contributed by atoms with Gasteiger partial charge in [-0.1, -0.05) is 38.0 Å². The van der Waals surface area contributed by atoms with Gasteiger partial charge in [-0.15, -0.1) is 18.2 Å². The maximum Gasteiger partial charge on any atom is 0.238 e. The van der Waals surface area contributed by atoms with Gasteiger partial charge in [-0.3, -0.25) is 4.79 Å². The van der Waals surface area contributed by atoms with Crippen LogP contribution in [0.2, 0.25) is 0 Å². The molecule has 1 aromatic rings. The zero-order valence-electron chi connectivity index (χ0n) is 13.0. The molecule has 2 rings (SSSR count). The van der Waals surface area contributed by atoms with Crippen LogP contribution in [0.4, 0.5) is 0 Å². The number of benzene rings is 1. The normalized spacial score (nSPS) is 22.7. The Morgan fingerprint density at radius 2 is 2.14 bits per heavy atom. The fraction of sp³-hybridized carbons (Fsp3) is 0.471. The Morgan fingerprint density at radius 3 is 2.73 bits per heavy atom. The number of thioether (sulfide) groups is 1. The number of carbonyl (C=O) groups is 1. The van der Waals surface area contributed by atoms with Gasteiger partial charge in [0.2, 0.25) is 5.91 Å². The average Bonchev–Trinajstić information content (AvgIpc) is 2.85. The van der Waals surface area contributed by atoms with E-state index >= 15 is 0 Å². The van der Waals surface area contributed by atoms with E-state index in [9.17, 15) is 4.79 Å². The van der Waals surface area contributed by atoms with E-state index < -0.39 is 0 Å². The minimum absolute atomic E-state index is 0.0645. The molecule has 1 amide bonds. The maximum absolute atomic E-state index is 12.8. The molecule has 1 heterocycles. The molecule has 0 bridgehead atoms. The lowest BCUT2D eigenvalue weighted by molar-refractivity contribution is -0.130. The second-order valence-corrected chi connectivity index (χ2v) is 7.78. The quantitative estimate of drug-likeness (QED) is 0.306. The highest BCUT2D eigenvalue weighted by molar-refractivity contribution is 14.1. The fourth-order valence-corrected chi connectivity index (χ4v) is 4.82. The number of nitrogens with zero attached hydrogens (tertiary/aromatic N) is 1. The Bertz CT molecular complexity index is 584. The Hall–Kier alpha value is -0.870. The summed E-state index contributed by atoms with van der Waals surface area (Å²) in [6.45, 7) is 6.70. The third kappa shape index (κ3) is 3.38. The zero-order valence-corrected chi connectivity index (χ0v) is 15.9. The molecule has 1 fully saturated rings. The lowest BCUT2D eigenvalue weighted by atomic mass is 10.1. The van der Waals surface area contributed by atoms with E-state index in [1.807, 2.05) is 36.1 Å². The topological polar surface area (TPSA) is 29.5 Å². The summed E-state index contributed by atoms with van der Waals surface area (Å²) in [7, 11) is 0. The van der Waals surface area contributed by atoms with Crippen molar-refractivity contribution in [2.45, 2.75) is 35.4 Å². The summed E-state index contributed by atoms with van der Waals surface area (Å²) in [5.74, 6) is 3.90. The molecule has 1 saturated heterocycles. The number of terminal acetylenes is 1. The zero-order chi connectivity index (χ0) is 16.3. The summed E-state index contributed by atoms with van der Waals surface area (Å²) in [4.78, 5) is 14.6. The van der Waals surface area contributed by atoms with Crippen LogP contribution in [0.3, 0.4) is 0 Å². The number of hydrogen-bond donors (Lipinski definition) is 0. The minimum atomic E-state index is -0.263. The van der Waals surface area contributed by atoms with E-state index in [4.69, 9.17) is 11.2 Å². The summed E-state index contributed by atoms with van der Waals surface area (Å²) in [6, 6.07) is 7.89. The van der Waals surface area contributed by atoms with Crippen molar-refractivity contribution >= 4 is 40.3 Å². The minimum Gasteiger partial charge on any atom is -0.493 e. The van der Waals surface area contributed by atoms with E-state index in [1.165, 1.54) is 0 Å². The third-order valence-corrected chi connectivity index (χ3v) is 6.24. The number of amides is 1. The van der Waals surface area contributed by atoms with E-state index in [0.717, 1.165) is 11.3 Å². The van der Waals surface area contributed by atoms with E-state index in [1.54, 1.807) is 11.8 Å². The standard InChI is InChI=1S/C17H20INO2S/c1-5-14(18)19-16(20)15(11(3)4)22-17(19)12-9-7-8-10-13(12)21-6-2/h1,7-11,14-15,17H,6H2,2-4H3. The third-order valence-electron chi connectivity index (χ3n) is 3.50. The molecule has 22 heavy (non-hydrogen) atoms. The first-order valence-corrected chi connectivity index (χ1v) is 9.49. The van der Waals surface area contributed by atoms with Crippen molar-refractivity contribution in [2.75, 3.05) is 6.61 Å². The lowest BCUT2D eigenvalue weighted by Crippen LogP contribution is -2.37. The Morgan fingerprint density at radius 1 is 1.45 bits per heavy atom. The van der Waals surface area contributed by atoms with Crippen LogP contribution in [0.15, 0.2) is 24.3 Å². The SMILES string of the molecule is C#CC(I)N1C(=O)C(C(C)C)SC1c1ccccc1OCC. The van der Waals surface area contributed by atoms with Gasteiger partial charge in [-0.25, -0.2) is 0 Å². The molecule has 3 nitrogen and oxygen atoms in total. The second-order valence-electron chi connectivity index (χ2n) is 5.37. The maximum atomic E-state index is 12.8. The van der Waals surface area contributed by atoms with Crippen molar-refractivity contribution in [3.63, 3.8) is 0 Å². The predicted molar refractivity (Wildman–Crippen MR) is 100 cm³/mol. The highest BCUT2D eigenvalue weighted by Gasteiger charge is 2.45. The number of halogens is 1. The van der Waals surface area contributed by atoms with Gasteiger partial charge in [0.05, 0.1) is 11.9 Å². The molecule has 5 heteroatoms. The summed E-state index contributed by atoms with van der Waals surface area (Å²) in [6.07, 6.45) is 5.58. The number of carbonyl (C=O) groups excluding carboxylic acids is 1. The number of para-hydroxylation sites is 1. The van der Waals surface area contributed by atoms with Crippen LogP contribution in [0.5, 0.6) is 5.75 Å². The summed E-state index contributed by atoms with van der Waals surface area (Å²) in [5, 5.41) is -0.161. The van der Waals surface area contributed by atoms with Crippen LogP contribution in [-0.2, 0) is 4.79 Å². The van der Waals surface area contributed by atoms with Crippen LogP contribution < -0.4 is 4.74 Å². The van der Waals surface area contributed by atoms with Crippen molar-refractivity contribution in [2.24, 2.45) is 5.92 Å². The van der Waals surface area contributed by atoms with Crippen molar-refractivity contribution < 1.29 is 9.53 Å².